The smallest absolute Gasteiger partial charge is 0.190 e. The van der Waals surface area contributed by atoms with Crippen molar-refractivity contribution in [1.82, 2.24) is 5.48 Å². The average Bonchev–Trinajstić information content (AvgIpc) is 2.69. The summed E-state index contributed by atoms with van der Waals surface area (Å²) in [6.07, 6.45) is 1.98. The van der Waals surface area contributed by atoms with Gasteiger partial charge in [-0.1, -0.05) is 54.6 Å². The summed E-state index contributed by atoms with van der Waals surface area (Å²) >= 11 is 0. The van der Waals surface area contributed by atoms with Crippen LogP contribution in [0.1, 0.15) is 12.5 Å². The van der Waals surface area contributed by atoms with Gasteiger partial charge in [0.1, 0.15) is 0 Å². The van der Waals surface area contributed by atoms with Gasteiger partial charge in [-0.2, -0.15) is 0 Å². The second-order valence-electron chi connectivity index (χ2n) is 6.08. The van der Waals surface area contributed by atoms with E-state index in [1.54, 1.807) is 24.0 Å². The van der Waals surface area contributed by atoms with Crippen molar-refractivity contribution in [1.29, 1.82) is 0 Å². The molecule has 0 aliphatic carbocycles. The summed E-state index contributed by atoms with van der Waals surface area (Å²) in [5.41, 5.74) is 5.68. The Labute approximate surface area is 158 Å². The first kappa shape index (κ1) is 18.6. The first-order chi connectivity index (χ1) is 13.1. The van der Waals surface area contributed by atoms with Gasteiger partial charge < -0.3 is 10.0 Å². The summed E-state index contributed by atoms with van der Waals surface area (Å²) in [4.78, 5) is 19.8. The van der Waals surface area contributed by atoms with Gasteiger partial charge >= 0.3 is 0 Å². The predicted octanol–water partition coefficient (Wildman–Crippen LogP) is 3.42. The summed E-state index contributed by atoms with van der Waals surface area (Å²) in [6, 6.07) is 19.0. The summed E-state index contributed by atoms with van der Waals surface area (Å²) in [5.74, 6) is -0.263. The number of rotatable bonds is 6. The number of para-hydroxylation sites is 1. The van der Waals surface area contributed by atoms with Gasteiger partial charge in [0.05, 0.1) is 17.9 Å². The number of aliphatic hydroxyl groups excluding tert-OH is 1. The number of hydroxylamine groups is 1. The Balaban J connectivity index is 2.08. The lowest BCUT2D eigenvalue weighted by atomic mass is 9.96. The number of aliphatic hydroxyl groups is 1. The Morgan fingerprint density at radius 2 is 1.81 bits per heavy atom. The molecular formula is C22H22N2O3. The zero-order chi connectivity index (χ0) is 19.2. The minimum absolute atomic E-state index is 0.239. The lowest BCUT2D eigenvalue weighted by Crippen LogP contribution is -2.42. The highest BCUT2D eigenvalue weighted by Crippen LogP contribution is 2.34. The molecule has 1 aliphatic rings. The molecule has 1 heterocycles. The van der Waals surface area contributed by atoms with Gasteiger partial charge in [-0.05, 0) is 24.6 Å². The lowest BCUT2D eigenvalue weighted by molar-refractivity contribution is -0.112. The highest BCUT2D eigenvalue weighted by atomic mass is 16.6. The van der Waals surface area contributed by atoms with E-state index in [1.165, 1.54) is 0 Å². The number of carbonyl (C=O) groups excluding carboxylic acids is 1. The minimum atomic E-state index is -1.15. The van der Waals surface area contributed by atoms with Crippen LogP contribution in [-0.2, 0) is 9.63 Å². The van der Waals surface area contributed by atoms with Crippen LogP contribution in [0.5, 0.6) is 0 Å². The van der Waals surface area contributed by atoms with E-state index in [0.29, 0.717) is 11.4 Å². The van der Waals surface area contributed by atoms with Crippen LogP contribution in [-0.4, -0.2) is 23.7 Å². The van der Waals surface area contributed by atoms with Gasteiger partial charge in [-0.25, -0.2) is 0 Å². The molecule has 2 aromatic carbocycles. The predicted molar refractivity (Wildman–Crippen MR) is 106 cm³/mol. The topological polar surface area (TPSA) is 61.8 Å². The molecule has 0 spiro atoms. The molecule has 1 aliphatic heterocycles. The number of nitrogens with one attached hydrogen (secondary N) is 1. The zero-order valence-electron chi connectivity index (χ0n) is 15.1. The molecule has 1 atom stereocenters. The number of allylic oxidation sites excluding steroid dienone is 2. The fraction of sp³-hybridized carbons (Fsp3) is 0.136. The SMILES string of the molecule is C=CCONC(C)=C1C(=O)C=C(c2ccccc2)N(c2ccccc2)C1O. The Morgan fingerprint density at radius 3 is 2.44 bits per heavy atom. The Morgan fingerprint density at radius 1 is 1.19 bits per heavy atom. The molecule has 0 aromatic heterocycles. The standard InChI is InChI=1S/C22H22N2O3/c1-3-14-27-23-16(2)21-20(25)15-19(17-10-6-4-7-11-17)24(22(21)26)18-12-8-5-9-13-18/h3-13,15,22-23,26H,1,14H2,2H3. The summed E-state index contributed by atoms with van der Waals surface area (Å²) in [7, 11) is 0. The number of hydrogen-bond donors (Lipinski definition) is 2. The molecule has 0 radical (unpaired) electrons. The van der Waals surface area contributed by atoms with E-state index in [1.807, 2.05) is 60.7 Å². The van der Waals surface area contributed by atoms with Gasteiger partial charge in [0.25, 0.3) is 0 Å². The largest absolute Gasteiger partial charge is 0.369 e. The fourth-order valence-electron chi connectivity index (χ4n) is 3.00. The van der Waals surface area contributed by atoms with E-state index in [0.717, 1.165) is 11.3 Å². The Kier molecular flexibility index (Phi) is 5.86. The van der Waals surface area contributed by atoms with Crippen molar-refractivity contribution in [2.45, 2.75) is 13.2 Å². The van der Waals surface area contributed by atoms with Crippen molar-refractivity contribution in [3.8, 4) is 0 Å². The van der Waals surface area contributed by atoms with E-state index in [4.69, 9.17) is 4.84 Å². The normalized spacial score (nSPS) is 18.7. The van der Waals surface area contributed by atoms with Gasteiger partial charge in [-0.3, -0.25) is 15.1 Å². The van der Waals surface area contributed by atoms with Crippen LogP contribution in [0.3, 0.4) is 0 Å². The third-order valence-electron chi connectivity index (χ3n) is 4.23. The van der Waals surface area contributed by atoms with Crippen molar-refractivity contribution < 1.29 is 14.7 Å². The second-order valence-corrected chi connectivity index (χ2v) is 6.08. The lowest BCUT2D eigenvalue weighted by Gasteiger charge is -2.37. The van der Waals surface area contributed by atoms with E-state index in [2.05, 4.69) is 12.1 Å². The quantitative estimate of drug-likeness (QED) is 0.357. The first-order valence-electron chi connectivity index (χ1n) is 8.66. The van der Waals surface area contributed by atoms with Crippen LogP contribution in [0.15, 0.2) is 90.7 Å². The number of nitrogens with zero attached hydrogens (tertiary/aromatic N) is 1. The summed E-state index contributed by atoms with van der Waals surface area (Å²) in [6.45, 7) is 5.56. The molecule has 0 saturated heterocycles. The molecule has 1 unspecified atom stereocenters. The van der Waals surface area contributed by atoms with Crippen LogP contribution in [0, 0.1) is 0 Å². The molecule has 0 fully saturated rings. The van der Waals surface area contributed by atoms with Gasteiger partial charge in [-0.15, -0.1) is 6.58 Å². The molecule has 27 heavy (non-hydrogen) atoms. The molecule has 2 aromatic rings. The van der Waals surface area contributed by atoms with E-state index >= 15 is 0 Å². The van der Waals surface area contributed by atoms with Gasteiger partial charge in [0, 0.05) is 17.5 Å². The van der Waals surface area contributed by atoms with E-state index in [9.17, 15) is 9.90 Å². The molecule has 0 amide bonds. The van der Waals surface area contributed by atoms with Crippen molar-refractivity contribution >= 4 is 17.2 Å². The third kappa shape index (κ3) is 4.00. The van der Waals surface area contributed by atoms with Crippen molar-refractivity contribution in [2.75, 3.05) is 11.5 Å². The number of ketones is 1. The van der Waals surface area contributed by atoms with Crippen molar-refractivity contribution in [2.24, 2.45) is 0 Å². The van der Waals surface area contributed by atoms with Crippen LogP contribution in [0.25, 0.3) is 5.70 Å². The molecule has 138 valence electrons. The molecule has 0 saturated carbocycles. The summed E-state index contributed by atoms with van der Waals surface area (Å²) < 4.78 is 0. The monoisotopic (exact) mass is 362 g/mol. The molecule has 5 heteroatoms. The highest BCUT2D eigenvalue weighted by Gasteiger charge is 2.34. The Hall–Kier alpha value is -3.15. The number of benzene rings is 2. The van der Waals surface area contributed by atoms with Crippen molar-refractivity contribution in [3.05, 3.63) is 96.2 Å². The number of carbonyl (C=O) groups is 1. The minimum Gasteiger partial charge on any atom is -0.369 e. The third-order valence-corrected chi connectivity index (χ3v) is 4.23. The average molecular weight is 362 g/mol. The van der Waals surface area contributed by atoms with E-state index < -0.39 is 6.23 Å². The van der Waals surface area contributed by atoms with E-state index in [-0.39, 0.29) is 18.0 Å². The number of hydrogen-bond acceptors (Lipinski definition) is 5. The first-order valence-corrected chi connectivity index (χ1v) is 8.66. The highest BCUT2D eigenvalue weighted by molar-refractivity contribution is 6.13. The van der Waals surface area contributed by atoms with Crippen LogP contribution in [0.2, 0.25) is 0 Å². The molecule has 2 N–H and O–H groups in total. The maximum Gasteiger partial charge on any atom is 0.190 e. The Bertz CT molecular complexity index is 873. The maximum absolute atomic E-state index is 12.8. The summed E-state index contributed by atoms with van der Waals surface area (Å²) in [5, 5.41) is 11.1. The number of anilines is 1. The van der Waals surface area contributed by atoms with Gasteiger partial charge in [0.2, 0.25) is 0 Å². The zero-order valence-corrected chi connectivity index (χ0v) is 15.1. The van der Waals surface area contributed by atoms with Gasteiger partial charge in [0.15, 0.2) is 12.0 Å². The van der Waals surface area contributed by atoms with Crippen LogP contribution in [0.4, 0.5) is 5.69 Å². The van der Waals surface area contributed by atoms with Crippen molar-refractivity contribution in [3.63, 3.8) is 0 Å². The molecule has 0 bridgehead atoms. The van der Waals surface area contributed by atoms with Crippen LogP contribution >= 0.6 is 0 Å². The molecule has 5 nitrogen and oxygen atoms in total. The van der Waals surface area contributed by atoms with Crippen LogP contribution < -0.4 is 10.4 Å². The fourth-order valence-corrected chi connectivity index (χ4v) is 3.00. The maximum atomic E-state index is 12.8. The molecular weight excluding hydrogens is 340 g/mol. The second kappa shape index (κ2) is 8.49. The molecule has 3 rings (SSSR count).